The van der Waals surface area contributed by atoms with Crippen molar-refractivity contribution < 1.29 is 14.0 Å². The summed E-state index contributed by atoms with van der Waals surface area (Å²) in [6.45, 7) is 4.02. The maximum atomic E-state index is 12.3. The Morgan fingerprint density at radius 3 is 2.52 bits per heavy atom. The van der Waals surface area contributed by atoms with Crippen molar-refractivity contribution in [2.75, 3.05) is 6.54 Å². The zero-order valence-electron chi connectivity index (χ0n) is 12.4. The van der Waals surface area contributed by atoms with Gasteiger partial charge in [-0.3, -0.25) is 14.5 Å². The highest BCUT2D eigenvalue weighted by Gasteiger charge is 2.49. The number of imide groups is 1. The highest BCUT2D eigenvalue weighted by Crippen LogP contribution is 2.40. The van der Waals surface area contributed by atoms with E-state index in [-0.39, 0.29) is 30.2 Å². The molecule has 2 fully saturated rings. The van der Waals surface area contributed by atoms with Gasteiger partial charge in [0.1, 0.15) is 11.5 Å². The van der Waals surface area contributed by atoms with E-state index in [1.165, 1.54) is 4.90 Å². The lowest BCUT2D eigenvalue weighted by Crippen LogP contribution is -2.31. The van der Waals surface area contributed by atoms with Crippen LogP contribution in [0.25, 0.3) is 0 Å². The Hall–Kier alpha value is -1.62. The van der Waals surface area contributed by atoms with E-state index in [1.807, 2.05) is 12.1 Å². The van der Waals surface area contributed by atoms with Crippen LogP contribution in [0.1, 0.15) is 44.1 Å². The van der Waals surface area contributed by atoms with Gasteiger partial charge in [0.15, 0.2) is 0 Å². The molecule has 2 heterocycles. The van der Waals surface area contributed by atoms with E-state index in [1.54, 1.807) is 0 Å². The highest BCUT2D eigenvalue weighted by atomic mass is 16.3. The molecule has 1 aromatic rings. The second-order valence-corrected chi connectivity index (χ2v) is 5.95. The summed E-state index contributed by atoms with van der Waals surface area (Å²) in [5.41, 5.74) is 0. The van der Waals surface area contributed by atoms with Crippen molar-refractivity contribution in [3.05, 3.63) is 23.7 Å². The maximum Gasteiger partial charge on any atom is 0.233 e. The minimum atomic E-state index is -0.0712. The van der Waals surface area contributed by atoms with Gasteiger partial charge in [-0.15, -0.1) is 0 Å². The molecule has 5 heteroatoms. The van der Waals surface area contributed by atoms with Gasteiger partial charge in [-0.1, -0.05) is 13.3 Å². The molecule has 114 valence electrons. The van der Waals surface area contributed by atoms with Crippen LogP contribution in [0.4, 0.5) is 0 Å². The van der Waals surface area contributed by atoms with Gasteiger partial charge in [-0.2, -0.15) is 0 Å². The number of hydrogen-bond acceptors (Lipinski definition) is 4. The lowest BCUT2D eigenvalue weighted by molar-refractivity contribution is -0.141. The molecule has 0 radical (unpaired) electrons. The molecule has 2 aliphatic rings. The molecule has 0 aromatic carbocycles. The highest BCUT2D eigenvalue weighted by molar-refractivity contribution is 6.05. The topological polar surface area (TPSA) is 62.6 Å². The number of furan rings is 1. The molecule has 0 bridgehead atoms. The van der Waals surface area contributed by atoms with Crippen molar-refractivity contribution in [3.63, 3.8) is 0 Å². The van der Waals surface area contributed by atoms with Crippen LogP contribution >= 0.6 is 0 Å². The summed E-state index contributed by atoms with van der Waals surface area (Å²) in [5, 5.41) is 3.27. The zero-order valence-corrected chi connectivity index (χ0v) is 12.4. The average Bonchev–Trinajstić information content (AvgIpc) is 3.16. The summed E-state index contributed by atoms with van der Waals surface area (Å²) in [7, 11) is 0. The maximum absolute atomic E-state index is 12.3. The van der Waals surface area contributed by atoms with E-state index >= 15 is 0 Å². The lowest BCUT2D eigenvalue weighted by atomic mass is 10.00. The molecule has 2 atom stereocenters. The second-order valence-electron chi connectivity index (χ2n) is 5.95. The fraction of sp³-hybridized carbons (Fsp3) is 0.625. The normalized spacial score (nSPS) is 24.9. The van der Waals surface area contributed by atoms with Gasteiger partial charge in [-0.25, -0.2) is 0 Å². The zero-order chi connectivity index (χ0) is 14.8. The number of nitrogens with one attached hydrogen (secondary N) is 1. The minimum absolute atomic E-state index is 0.00967. The SMILES string of the molecule is CCCNCc1ccc(CN2C(=O)C3CCCC3C2=O)o1. The van der Waals surface area contributed by atoms with E-state index in [9.17, 15) is 9.59 Å². The monoisotopic (exact) mass is 290 g/mol. The predicted molar refractivity (Wildman–Crippen MR) is 77.1 cm³/mol. The van der Waals surface area contributed by atoms with Crippen molar-refractivity contribution in [3.8, 4) is 0 Å². The Bertz CT molecular complexity index is 515. The number of rotatable bonds is 6. The van der Waals surface area contributed by atoms with Gasteiger partial charge in [0.05, 0.1) is 24.9 Å². The van der Waals surface area contributed by atoms with Crippen LogP contribution < -0.4 is 5.32 Å². The van der Waals surface area contributed by atoms with Crippen molar-refractivity contribution >= 4 is 11.8 Å². The molecular formula is C16H22N2O3. The molecule has 2 unspecified atom stereocenters. The van der Waals surface area contributed by atoms with Crippen molar-refractivity contribution in [1.82, 2.24) is 10.2 Å². The van der Waals surface area contributed by atoms with Crippen molar-refractivity contribution in [2.24, 2.45) is 11.8 Å². The van der Waals surface area contributed by atoms with Crippen LogP contribution in [0.2, 0.25) is 0 Å². The molecule has 1 aliphatic heterocycles. The third kappa shape index (κ3) is 2.75. The molecule has 2 amide bonds. The molecule has 5 nitrogen and oxygen atoms in total. The lowest BCUT2D eigenvalue weighted by Gasteiger charge is -2.14. The molecule has 1 saturated carbocycles. The molecular weight excluding hydrogens is 268 g/mol. The molecule has 1 N–H and O–H groups in total. The standard InChI is InChI=1S/C16H22N2O3/c1-2-8-17-9-11-6-7-12(21-11)10-18-15(19)13-4-3-5-14(13)16(18)20/h6-7,13-14,17H,2-5,8-10H2,1H3. The number of likely N-dealkylation sites (tertiary alicyclic amines) is 1. The summed E-state index contributed by atoms with van der Waals surface area (Å²) in [4.78, 5) is 25.9. The molecule has 1 aliphatic carbocycles. The van der Waals surface area contributed by atoms with E-state index in [4.69, 9.17) is 4.42 Å². The van der Waals surface area contributed by atoms with Gasteiger partial charge < -0.3 is 9.73 Å². The van der Waals surface area contributed by atoms with E-state index in [0.717, 1.165) is 38.0 Å². The van der Waals surface area contributed by atoms with Gasteiger partial charge in [0.2, 0.25) is 11.8 Å². The molecule has 3 rings (SSSR count). The van der Waals surface area contributed by atoms with Gasteiger partial charge in [0.25, 0.3) is 0 Å². The number of carbonyl (C=O) groups is 2. The predicted octanol–water partition coefficient (Wildman–Crippen LogP) is 2.06. The summed E-state index contributed by atoms with van der Waals surface area (Å²) in [6.07, 6.45) is 3.79. The van der Waals surface area contributed by atoms with Gasteiger partial charge in [0, 0.05) is 0 Å². The van der Waals surface area contributed by atoms with Crippen LogP contribution in [0.5, 0.6) is 0 Å². The van der Waals surface area contributed by atoms with Crippen LogP contribution in [0.15, 0.2) is 16.5 Å². The molecule has 1 saturated heterocycles. The first-order valence-corrected chi connectivity index (χ1v) is 7.84. The number of fused-ring (bicyclic) bond motifs is 1. The third-order valence-electron chi connectivity index (χ3n) is 4.44. The Morgan fingerprint density at radius 1 is 1.19 bits per heavy atom. The first-order valence-electron chi connectivity index (χ1n) is 7.84. The smallest absolute Gasteiger partial charge is 0.233 e. The molecule has 1 aromatic heterocycles. The number of nitrogens with zero attached hydrogens (tertiary/aromatic N) is 1. The first-order chi connectivity index (χ1) is 10.2. The minimum Gasteiger partial charge on any atom is -0.463 e. The fourth-order valence-electron chi connectivity index (χ4n) is 3.36. The van der Waals surface area contributed by atoms with Crippen molar-refractivity contribution in [2.45, 2.75) is 45.7 Å². The Kier molecular flexibility index (Phi) is 4.10. The average molecular weight is 290 g/mol. The number of carbonyl (C=O) groups excluding carboxylic acids is 2. The summed E-state index contributed by atoms with van der Waals surface area (Å²) >= 11 is 0. The molecule has 0 spiro atoms. The van der Waals surface area contributed by atoms with E-state index in [0.29, 0.717) is 12.3 Å². The van der Waals surface area contributed by atoms with Crippen LogP contribution in [-0.2, 0) is 22.7 Å². The van der Waals surface area contributed by atoms with Crippen LogP contribution in [-0.4, -0.2) is 23.3 Å². The largest absolute Gasteiger partial charge is 0.463 e. The van der Waals surface area contributed by atoms with Crippen molar-refractivity contribution in [1.29, 1.82) is 0 Å². The van der Waals surface area contributed by atoms with Crippen LogP contribution in [0.3, 0.4) is 0 Å². The van der Waals surface area contributed by atoms with Gasteiger partial charge in [-0.05, 0) is 37.9 Å². The van der Waals surface area contributed by atoms with E-state index < -0.39 is 0 Å². The molecule has 21 heavy (non-hydrogen) atoms. The fourth-order valence-corrected chi connectivity index (χ4v) is 3.36. The third-order valence-corrected chi connectivity index (χ3v) is 4.44. The Labute approximate surface area is 124 Å². The second kappa shape index (κ2) is 6.02. The number of hydrogen-bond donors (Lipinski definition) is 1. The number of amides is 2. The Balaban J connectivity index is 1.62. The quantitative estimate of drug-likeness (QED) is 0.643. The van der Waals surface area contributed by atoms with E-state index in [2.05, 4.69) is 12.2 Å². The first kappa shape index (κ1) is 14.3. The Morgan fingerprint density at radius 2 is 1.86 bits per heavy atom. The summed E-state index contributed by atoms with van der Waals surface area (Å²) in [6, 6.07) is 3.77. The van der Waals surface area contributed by atoms with Crippen LogP contribution in [0, 0.1) is 11.8 Å². The summed E-state index contributed by atoms with van der Waals surface area (Å²) < 4.78 is 5.70. The summed E-state index contributed by atoms with van der Waals surface area (Å²) in [5.74, 6) is 1.37. The van der Waals surface area contributed by atoms with Gasteiger partial charge >= 0.3 is 0 Å².